The van der Waals surface area contributed by atoms with Crippen LogP contribution in [0.4, 0.5) is 5.95 Å². The number of aromatic nitrogens is 4. The van der Waals surface area contributed by atoms with Gasteiger partial charge in [0.25, 0.3) is 0 Å². The van der Waals surface area contributed by atoms with Crippen molar-refractivity contribution in [3.8, 4) is 11.3 Å². The molecule has 0 aliphatic heterocycles. The summed E-state index contributed by atoms with van der Waals surface area (Å²) in [5, 5.41) is 8.05. The van der Waals surface area contributed by atoms with Crippen LogP contribution in [-0.4, -0.2) is 25.6 Å². The zero-order valence-corrected chi connectivity index (χ0v) is 14.3. The zero-order chi connectivity index (χ0) is 16.6. The lowest BCUT2D eigenvalue weighted by Gasteiger charge is -2.17. The first-order valence-electron chi connectivity index (χ1n) is 7.94. The molecule has 0 saturated heterocycles. The summed E-state index contributed by atoms with van der Waals surface area (Å²) >= 11 is 0. The molecule has 0 atom stereocenters. The molecule has 0 bridgehead atoms. The van der Waals surface area contributed by atoms with Gasteiger partial charge in [-0.2, -0.15) is 5.10 Å². The highest BCUT2D eigenvalue weighted by molar-refractivity contribution is 5.81. The number of rotatable bonds is 3. The average molecular weight is 309 g/mol. The molecular formula is C18H23N5. The predicted octanol–water partition coefficient (Wildman–Crippen LogP) is 3.91. The third-order valence-corrected chi connectivity index (χ3v) is 3.58. The Morgan fingerprint density at radius 1 is 1.13 bits per heavy atom. The van der Waals surface area contributed by atoms with Gasteiger partial charge in [-0.25, -0.2) is 14.5 Å². The first-order chi connectivity index (χ1) is 10.9. The van der Waals surface area contributed by atoms with Crippen LogP contribution in [0.15, 0.2) is 36.7 Å². The van der Waals surface area contributed by atoms with Crippen molar-refractivity contribution >= 4 is 11.5 Å². The van der Waals surface area contributed by atoms with Crippen molar-refractivity contribution in [1.29, 1.82) is 0 Å². The lowest BCUT2D eigenvalue weighted by Crippen LogP contribution is -2.15. The highest BCUT2D eigenvalue weighted by Gasteiger charge is 2.25. The molecule has 0 radical (unpaired) electrons. The van der Waals surface area contributed by atoms with E-state index in [-0.39, 0.29) is 11.5 Å². The van der Waals surface area contributed by atoms with Crippen LogP contribution in [0.25, 0.3) is 16.8 Å². The minimum atomic E-state index is -0.0715. The van der Waals surface area contributed by atoms with Gasteiger partial charge < -0.3 is 5.32 Å². The maximum atomic E-state index is 4.79. The number of nitrogens with one attached hydrogen (secondary N) is 1. The van der Waals surface area contributed by atoms with Crippen molar-refractivity contribution in [2.24, 2.45) is 0 Å². The highest BCUT2D eigenvalue weighted by atomic mass is 15.2. The second-order valence-electron chi connectivity index (χ2n) is 7.07. The molecule has 0 aliphatic carbocycles. The summed E-state index contributed by atoms with van der Waals surface area (Å²) in [4.78, 5) is 9.02. The molecular weight excluding hydrogens is 286 g/mol. The fourth-order valence-electron chi connectivity index (χ4n) is 2.60. The van der Waals surface area contributed by atoms with Crippen LogP contribution in [0, 0.1) is 0 Å². The molecule has 3 aromatic rings. The van der Waals surface area contributed by atoms with E-state index in [4.69, 9.17) is 10.1 Å². The molecule has 3 rings (SSSR count). The van der Waals surface area contributed by atoms with E-state index in [0.717, 1.165) is 22.5 Å². The number of pyridine rings is 1. The molecule has 120 valence electrons. The van der Waals surface area contributed by atoms with Gasteiger partial charge in [0.1, 0.15) is 0 Å². The minimum absolute atomic E-state index is 0.0715. The third kappa shape index (κ3) is 3.04. The topological polar surface area (TPSA) is 55.1 Å². The lowest BCUT2D eigenvalue weighted by atomic mass is 9.88. The van der Waals surface area contributed by atoms with Crippen LogP contribution in [0.2, 0.25) is 0 Å². The van der Waals surface area contributed by atoms with Crippen molar-refractivity contribution in [3.05, 3.63) is 42.4 Å². The molecule has 0 aliphatic rings. The summed E-state index contributed by atoms with van der Waals surface area (Å²) < 4.78 is 1.92. The van der Waals surface area contributed by atoms with Crippen LogP contribution in [0.1, 0.15) is 40.3 Å². The van der Waals surface area contributed by atoms with Crippen LogP contribution >= 0.6 is 0 Å². The molecule has 1 N–H and O–H groups in total. The predicted molar refractivity (Wildman–Crippen MR) is 93.7 cm³/mol. The first kappa shape index (κ1) is 15.5. The number of anilines is 1. The van der Waals surface area contributed by atoms with Gasteiger partial charge in [0, 0.05) is 29.4 Å². The highest BCUT2D eigenvalue weighted by Crippen LogP contribution is 2.34. The van der Waals surface area contributed by atoms with Gasteiger partial charge in [-0.15, -0.1) is 0 Å². The average Bonchev–Trinajstić information content (AvgIpc) is 2.86. The molecule has 0 fully saturated rings. The van der Waals surface area contributed by atoms with Crippen molar-refractivity contribution < 1.29 is 0 Å². The maximum Gasteiger partial charge on any atom is 0.223 e. The molecule has 5 nitrogen and oxygen atoms in total. The fourth-order valence-corrected chi connectivity index (χ4v) is 2.60. The normalized spacial score (nSPS) is 12.1. The quantitative estimate of drug-likeness (QED) is 0.797. The van der Waals surface area contributed by atoms with E-state index in [2.05, 4.69) is 51.0 Å². The van der Waals surface area contributed by atoms with Gasteiger partial charge in [-0.3, -0.25) is 0 Å². The molecule has 3 aromatic heterocycles. The van der Waals surface area contributed by atoms with Gasteiger partial charge in [0.15, 0.2) is 0 Å². The summed E-state index contributed by atoms with van der Waals surface area (Å²) in [5.74, 6) is 0.646. The number of hydrogen-bond acceptors (Lipinski definition) is 4. The van der Waals surface area contributed by atoms with E-state index >= 15 is 0 Å². The first-order valence-corrected chi connectivity index (χ1v) is 7.94. The summed E-state index contributed by atoms with van der Waals surface area (Å²) in [6.45, 7) is 10.7. The molecule has 0 saturated carbocycles. The van der Waals surface area contributed by atoms with E-state index in [9.17, 15) is 0 Å². The number of nitrogens with zero attached hydrogens (tertiary/aromatic N) is 4. The smallest absolute Gasteiger partial charge is 0.223 e. The van der Waals surface area contributed by atoms with Crippen LogP contribution < -0.4 is 5.32 Å². The summed E-state index contributed by atoms with van der Waals surface area (Å²) in [6, 6.07) is 8.33. The second-order valence-corrected chi connectivity index (χ2v) is 7.07. The Morgan fingerprint density at radius 2 is 1.91 bits per heavy atom. The van der Waals surface area contributed by atoms with E-state index in [1.165, 1.54) is 0 Å². The van der Waals surface area contributed by atoms with Crippen LogP contribution in [0.5, 0.6) is 0 Å². The lowest BCUT2D eigenvalue weighted by molar-refractivity contribution is 0.564. The second kappa shape index (κ2) is 5.65. The molecule has 0 unspecified atom stereocenters. The Morgan fingerprint density at radius 3 is 2.61 bits per heavy atom. The summed E-state index contributed by atoms with van der Waals surface area (Å²) in [5.41, 5.74) is 4.00. The van der Waals surface area contributed by atoms with Crippen LogP contribution in [-0.2, 0) is 5.41 Å². The zero-order valence-electron chi connectivity index (χ0n) is 14.3. The van der Waals surface area contributed by atoms with Crippen molar-refractivity contribution in [3.63, 3.8) is 0 Å². The Labute approximate surface area is 136 Å². The van der Waals surface area contributed by atoms with Gasteiger partial charge in [-0.05, 0) is 32.0 Å². The Bertz CT molecular complexity index is 827. The standard InChI is InChI=1S/C18H23N5/c1-12(2)20-17-19-10-9-13(21-17)15-14-8-6-7-11-23(14)22-16(15)18(3,4)5/h6-12H,1-5H3,(H,19,20,21). The van der Waals surface area contributed by atoms with E-state index in [1.807, 2.05) is 28.9 Å². The van der Waals surface area contributed by atoms with Gasteiger partial charge in [0.05, 0.1) is 16.9 Å². The largest absolute Gasteiger partial charge is 0.352 e. The molecule has 0 amide bonds. The molecule has 0 aromatic carbocycles. The van der Waals surface area contributed by atoms with E-state index in [0.29, 0.717) is 5.95 Å². The van der Waals surface area contributed by atoms with Crippen molar-refractivity contribution in [2.75, 3.05) is 5.32 Å². The maximum absolute atomic E-state index is 4.79. The van der Waals surface area contributed by atoms with Crippen LogP contribution in [0.3, 0.4) is 0 Å². The van der Waals surface area contributed by atoms with Gasteiger partial charge in [-0.1, -0.05) is 26.8 Å². The Balaban J connectivity index is 2.22. The van der Waals surface area contributed by atoms with E-state index in [1.54, 1.807) is 6.20 Å². The molecule has 23 heavy (non-hydrogen) atoms. The summed E-state index contributed by atoms with van der Waals surface area (Å²) in [6.07, 6.45) is 3.77. The minimum Gasteiger partial charge on any atom is -0.352 e. The van der Waals surface area contributed by atoms with Crippen molar-refractivity contribution in [1.82, 2.24) is 19.6 Å². The molecule has 0 spiro atoms. The fraction of sp³-hybridized carbons (Fsp3) is 0.389. The SMILES string of the molecule is CC(C)Nc1nccc(-c2c(C(C)(C)C)nn3ccccc23)n1. The summed E-state index contributed by atoms with van der Waals surface area (Å²) in [7, 11) is 0. The van der Waals surface area contributed by atoms with E-state index < -0.39 is 0 Å². The Kier molecular flexibility index (Phi) is 3.80. The molecule has 3 heterocycles. The van der Waals surface area contributed by atoms with Gasteiger partial charge in [0.2, 0.25) is 5.95 Å². The third-order valence-electron chi connectivity index (χ3n) is 3.58. The monoisotopic (exact) mass is 309 g/mol. The van der Waals surface area contributed by atoms with Crippen molar-refractivity contribution in [2.45, 2.75) is 46.1 Å². The Hall–Kier alpha value is -2.43. The number of hydrogen-bond donors (Lipinski definition) is 1. The molecule has 5 heteroatoms. The number of fused-ring (bicyclic) bond motifs is 1. The van der Waals surface area contributed by atoms with Gasteiger partial charge >= 0.3 is 0 Å².